The number of aliphatic hydroxyl groups is 1. The quantitative estimate of drug-likeness (QED) is 0.238. The van der Waals surface area contributed by atoms with Crippen LogP contribution < -0.4 is 4.31 Å². The van der Waals surface area contributed by atoms with Crippen molar-refractivity contribution in [2.24, 2.45) is 0 Å². The maximum absolute atomic E-state index is 11.1. The Bertz CT molecular complexity index is 981. The molecule has 3 aromatic rings. The molecule has 0 aliphatic heterocycles. The molecule has 8 heteroatoms. The van der Waals surface area contributed by atoms with Gasteiger partial charge in [-0.25, -0.2) is 9.97 Å². The first-order valence-electron chi connectivity index (χ1n) is 9.07. The summed E-state index contributed by atoms with van der Waals surface area (Å²) in [5, 5.41) is 7.35. The lowest BCUT2D eigenvalue weighted by Gasteiger charge is -2.21. The highest BCUT2D eigenvalue weighted by Crippen LogP contribution is 2.32. The second kappa shape index (κ2) is 11.7. The van der Waals surface area contributed by atoms with Gasteiger partial charge in [0.1, 0.15) is 18.2 Å². The number of aliphatic hydroxyl groups excluding tert-OH is 1. The van der Waals surface area contributed by atoms with Crippen molar-refractivity contribution < 1.29 is 14.6 Å². The summed E-state index contributed by atoms with van der Waals surface area (Å²) in [5.74, 6) is 0.438. The molecule has 6 nitrogen and oxygen atoms in total. The molecule has 0 bridgehead atoms. The molecule has 0 radical (unpaired) electrons. The number of carbonyl (C=O) groups excluding carboxylic acids is 1. The number of hydrogen-bond donors (Lipinski definition) is 1. The largest absolute Gasteiger partial charge is 0.400 e. The number of methoxy groups -OCH3 is 1. The number of carbonyl (C=O) groups is 1. The standard InChI is InChI=1S/C21H20ClN3O2S.CH4O/c1-14-6-4-7-15(2)20(14)18-11-19(22)24-21(23-18)25(13-27-3)28-17-9-5-8-16(10-17)12-26;1-2/h4-12H,13H2,1-3H3;2H,1H3. The molecule has 0 amide bonds. The molecule has 1 heterocycles. The van der Waals surface area contributed by atoms with Gasteiger partial charge in [0.25, 0.3) is 0 Å². The van der Waals surface area contributed by atoms with E-state index in [1.807, 2.05) is 44.2 Å². The molecule has 0 unspecified atom stereocenters. The molecule has 158 valence electrons. The zero-order chi connectivity index (χ0) is 22.1. The van der Waals surface area contributed by atoms with Gasteiger partial charge in [0, 0.05) is 36.3 Å². The number of halogens is 1. The summed E-state index contributed by atoms with van der Waals surface area (Å²) in [5.41, 5.74) is 4.63. The highest BCUT2D eigenvalue weighted by molar-refractivity contribution is 8.00. The van der Waals surface area contributed by atoms with Crippen LogP contribution in [0.15, 0.2) is 53.4 Å². The lowest BCUT2D eigenvalue weighted by Crippen LogP contribution is -2.20. The number of rotatable bonds is 7. The number of aromatic nitrogens is 2. The molecule has 2 aromatic carbocycles. The predicted octanol–water partition coefficient (Wildman–Crippen LogP) is 4.95. The van der Waals surface area contributed by atoms with Crippen LogP contribution in [-0.2, 0) is 4.74 Å². The Labute approximate surface area is 186 Å². The molecule has 0 saturated carbocycles. The zero-order valence-corrected chi connectivity index (χ0v) is 18.9. The third kappa shape index (κ3) is 6.03. The monoisotopic (exact) mass is 445 g/mol. The summed E-state index contributed by atoms with van der Waals surface area (Å²) in [7, 11) is 2.60. The van der Waals surface area contributed by atoms with Crippen LogP contribution in [0.3, 0.4) is 0 Å². The SMILES string of the molecule is CO.COCN(Sc1cccc(C=O)c1)c1nc(Cl)cc(-c2c(C)cccc2C)n1. The van der Waals surface area contributed by atoms with Crippen LogP contribution in [0.4, 0.5) is 5.95 Å². The Hall–Kier alpha value is -2.45. The molecule has 0 fully saturated rings. The van der Waals surface area contributed by atoms with Crippen molar-refractivity contribution in [2.75, 3.05) is 25.3 Å². The first-order valence-corrected chi connectivity index (χ1v) is 10.2. The molecule has 1 aromatic heterocycles. The number of aryl methyl sites for hydroxylation is 2. The Morgan fingerprint density at radius 1 is 1.10 bits per heavy atom. The Morgan fingerprint density at radius 3 is 2.40 bits per heavy atom. The van der Waals surface area contributed by atoms with E-state index in [-0.39, 0.29) is 6.73 Å². The van der Waals surface area contributed by atoms with Gasteiger partial charge in [-0.05, 0) is 49.1 Å². The molecule has 0 saturated heterocycles. The number of anilines is 1. The van der Waals surface area contributed by atoms with Gasteiger partial charge in [-0.2, -0.15) is 0 Å². The van der Waals surface area contributed by atoms with E-state index in [1.54, 1.807) is 29.6 Å². The predicted molar refractivity (Wildman–Crippen MR) is 122 cm³/mol. The first-order chi connectivity index (χ1) is 14.5. The highest BCUT2D eigenvalue weighted by Gasteiger charge is 2.16. The molecular formula is C22H24ClN3O3S. The maximum atomic E-state index is 11.1. The second-order valence-electron chi connectivity index (χ2n) is 6.22. The van der Waals surface area contributed by atoms with Gasteiger partial charge >= 0.3 is 0 Å². The lowest BCUT2D eigenvalue weighted by molar-refractivity contribution is 0.112. The van der Waals surface area contributed by atoms with Crippen LogP contribution in [0, 0.1) is 13.8 Å². The average molecular weight is 446 g/mol. The molecule has 0 aliphatic carbocycles. The van der Waals surface area contributed by atoms with E-state index in [1.165, 1.54) is 11.9 Å². The van der Waals surface area contributed by atoms with E-state index < -0.39 is 0 Å². The molecule has 0 aliphatic rings. The number of ether oxygens (including phenoxy) is 1. The van der Waals surface area contributed by atoms with Crippen LogP contribution in [0.25, 0.3) is 11.3 Å². The zero-order valence-electron chi connectivity index (χ0n) is 17.3. The molecule has 0 spiro atoms. The smallest absolute Gasteiger partial charge is 0.239 e. The topological polar surface area (TPSA) is 75.6 Å². The van der Waals surface area contributed by atoms with Crippen LogP contribution in [0.2, 0.25) is 5.15 Å². The molecular weight excluding hydrogens is 422 g/mol. The van der Waals surface area contributed by atoms with Crippen LogP contribution >= 0.6 is 23.5 Å². The van der Waals surface area contributed by atoms with Crippen molar-refractivity contribution in [1.29, 1.82) is 0 Å². The highest BCUT2D eigenvalue weighted by atomic mass is 35.5. The van der Waals surface area contributed by atoms with Crippen molar-refractivity contribution in [3.63, 3.8) is 0 Å². The first kappa shape index (κ1) is 23.8. The summed E-state index contributed by atoms with van der Waals surface area (Å²) in [6, 6.07) is 15.2. The third-order valence-electron chi connectivity index (χ3n) is 4.10. The molecule has 0 atom stereocenters. The van der Waals surface area contributed by atoms with Crippen molar-refractivity contribution in [1.82, 2.24) is 9.97 Å². The average Bonchev–Trinajstić information content (AvgIpc) is 2.74. The van der Waals surface area contributed by atoms with E-state index in [9.17, 15) is 4.79 Å². The van der Waals surface area contributed by atoms with Gasteiger partial charge in [-0.3, -0.25) is 9.10 Å². The maximum Gasteiger partial charge on any atom is 0.239 e. The summed E-state index contributed by atoms with van der Waals surface area (Å²) in [6.45, 7) is 4.34. The van der Waals surface area contributed by atoms with Gasteiger partial charge < -0.3 is 9.84 Å². The number of aldehydes is 1. The molecule has 3 rings (SSSR count). The Morgan fingerprint density at radius 2 is 1.77 bits per heavy atom. The van der Waals surface area contributed by atoms with Crippen LogP contribution in [0.5, 0.6) is 0 Å². The number of hydrogen-bond acceptors (Lipinski definition) is 7. The fraction of sp³-hybridized carbons (Fsp3) is 0.227. The van der Waals surface area contributed by atoms with Crippen molar-refractivity contribution in [3.8, 4) is 11.3 Å². The minimum Gasteiger partial charge on any atom is -0.400 e. The van der Waals surface area contributed by atoms with E-state index in [2.05, 4.69) is 4.98 Å². The Balaban J connectivity index is 0.00000155. The summed E-state index contributed by atoms with van der Waals surface area (Å²) < 4.78 is 7.13. The summed E-state index contributed by atoms with van der Waals surface area (Å²) in [4.78, 5) is 21.1. The van der Waals surface area contributed by atoms with Gasteiger partial charge in [0.2, 0.25) is 5.95 Å². The van der Waals surface area contributed by atoms with Crippen molar-refractivity contribution in [2.45, 2.75) is 18.7 Å². The normalized spacial score (nSPS) is 10.2. The minimum absolute atomic E-state index is 0.252. The Kier molecular flexibility index (Phi) is 9.26. The van der Waals surface area contributed by atoms with Crippen molar-refractivity contribution >= 4 is 35.8 Å². The van der Waals surface area contributed by atoms with Crippen molar-refractivity contribution in [3.05, 3.63) is 70.4 Å². The fourth-order valence-electron chi connectivity index (χ4n) is 2.88. The van der Waals surface area contributed by atoms with Gasteiger partial charge in [0.15, 0.2) is 0 Å². The van der Waals surface area contributed by atoms with E-state index in [0.29, 0.717) is 16.7 Å². The van der Waals surface area contributed by atoms with E-state index in [4.69, 9.17) is 26.4 Å². The molecule has 30 heavy (non-hydrogen) atoms. The van der Waals surface area contributed by atoms with E-state index >= 15 is 0 Å². The van der Waals surface area contributed by atoms with Gasteiger partial charge in [0.05, 0.1) is 5.69 Å². The minimum atomic E-state index is 0.252. The second-order valence-corrected chi connectivity index (χ2v) is 7.70. The lowest BCUT2D eigenvalue weighted by atomic mass is 10.00. The van der Waals surface area contributed by atoms with Crippen LogP contribution in [0.1, 0.15) is 21.5 Å². The molecule has 1 N–H and O–H groups in total. The summed E-state index contributed by atoms with van der Waals surface area (Å²) >= 11 is 7.71. The number of nitrogens with zero attached hydrogens (tertiary/aromatic N) is 3. The fourth-order valence-corrected chi connectivity index (χ4v) is 3.96. The van der Waals surface area contributed by atoms with Gasteiger partial charge in [-0.15, -0.1) is 0 Å². The third-order valence-corrected chi connectivity index (χ3v) is 5.25. The van der Waals surface area contributed by atoms with E-state index in [0.717, 1.165) is 40.7 Å². The van der Waals surface area contributed by atoms with Crippen LogP contribution in [-0.4, -0.2) is 42.3 Å². The van der Waals surface area contributed by atoms with Gasteiger partial charge in [-0.1, -0.05) is 41.9 Å². The summed E-state index contributed by atoms with van der Waals surface area (Å²) in [6.07, 6.45) is 0.819. The number of benzene rings is 2.